The quantitative estimate of drug-likeness (QED) is 0.258. The zero-order chi connectivity index (χ0) is 24.0. The summed E-state index contributed by atoms with van der Waals surface area (Å²) < 4.78 is 21.7. The number of halogens is 1. The van der Waals surface area contributed by atoms with E-state index in [0.717, 1.165) is 6.42 Å². The zero-order valence-corrected chi connectivity index (χ0v) is 18.6. The molecule has 1 aliphatic rings. The topological polar surface area (TPSA) is 133 Å². The predicted octanol–water partition coefficient (Wildman–Crippen LogP) is 4.36. The number of carbonyl (C=O) groups is 1. The van der Waals surface area contributed by atoms with Crippen LogP contribution in [0, 0.1) is 21.4 Å². The average Bonchev–Trinajstić information content (AvgIpc) is 2.80. The fraction of sp³-hybridized carbons (Fsp3) is 0.273. The molecule has 2 aromatic carbocycles. The summed E-state index contributed by atoms with van der Waals surface area (Å²) in [5.74, 6) is 0.298. The molecule has 33 heavy (non-hydrogen) atoms. The fourth-order valence-electron chi connectivity index (χ4n) is 3.00. The van der Waals surface area contributed by atoms with Crippen LogP contribution < -0.4 is 24.3 Å². The average molecular weight is 474 g/mol. The van der Waals surface area contributed by atoms with E-state index in [1.165, 1.54) is 31.4 Å². The highest BCUT2D eigenvalue weighted by Gasteiger charge is 2.24. The van der Waals surface area contributed by atoms with Crippen molar-refractivity contribution in [3.8, 4) is 29.1 Å². The van der Waals surface area contributed by atoms with Gasteiger partial charge in [0.15, 0.2) is 23.0 Å². The summed E-state index contributed by atoms with van der Waals surface area (Å²) in [4.78, 5) is 23.6. The van der Waals surface area contributed by atoms with Crippen molar-refractivity contribution in [3.05, 3.63) is 50.5 Å². The second-order valence-electron chi connectivity index (χ2n) is 6.78. The zero-order valence-electron chi connectivity index (χ0n) is 17.8. The molecule has 0 saturated heterocycles. The summed E-state index contributed by atoms with van der Waals surface area (Å²) in [6.45, 7) is 2.90. The van der Waals surface area contributed by atoms with Crippen LogP contribution in [-0.4, -0.2) is 37.8 Å². The smallest absolute Gasteiger partial charge is 0.296 e. The van der Waals surface area contributed by atoms with Crippen molar-refractivity contribution in [3.63, 3.8) is 0 Å². The highest BCUT2D eigenvalue weighted by molar-refractivity contribution is 6.32. The number of carbonyl (C=O) groups excluding carboxylic acids is 1. The molecule has 1 amide bonds. The molecule has 172 valence electrons. The molecule has 0 fully saturated rings. The van der Waals surface area contributed by atoms with Crippen molar-refractivity contribution in [2.75, 3.05) is 32.2 Å². The Balaban J connectivity index is 1.92. The molecule has 0 aliphatic carbocycles. The lowest BCUT2D eigenvalue weighted by molar-refractivity contribution is -0.384. The summed E-state index contributed by atoms with van der Waals surface area (Å²) in [5.41, 5.74) is -0.426. The van der Waals surface area contributed by atoms with Crippen molar-refractivity contribution in [2.24, 2.45) is 0 Å². The molecule has 3 rings (SSSR count). The van der Waals surface area contributed by atoms with Gasteiger partial charge in [-0.15, -0.1) is 0 Å². The molecular formula is C22H20ClN3O7. The maximum absolute atomic E-state index is 12.8. The Morgan fingerprint density at radius 3 is 2.61 bits per heavy atom. The highest BCUT2D eigenvalue weighted by Crippen LogP contribution is 2.40. The summed E-state index contributed by atoms with van der Waals surface area (Å²) >= 11 is 6.29. The van der Waals surface area contributed by atoms with Crippen LogP contribution in [0.2, 0.25) is 5.02 Å². The minimum atomic E-state index is -0.848. The Kier molecular flexibility index (Phi) is 7.58. The maximum Gasteiger partial charge on any atom is 0.296 e. The van der Waals surface area contributed by atoms with Crippen LogP contribution in [0.4, 0.5) is 11.4 Å². The van der Waals surface area contributed by atoms with Crippen molar-refractivity contribution in [1.82, 2.24) is 0 Å². The molecule has 1 heterocycles. The summed E-state index contributed by atoms with van der Waals surface area (Å²) in [6, 6.07) is 7.34. The maximum atomic E-state index is 12.8. The van der Waals surface area contributed by atoms with Gasteiger partial charge < -0.3 is 24.3 Å². The Labute approximate surface area is 194 Å². The summed E-state index contributed by atoms with van der Waals surface area (Å²) in [5, 5.41) is 23.6. The first-order chi connectivity index (χ1) is 15.9. The van der Waals surface area contributed by atoms with E-state index in [1.807, 2.05) is 6.92 Å². The Hall–Kier alpha value is -3.97. The van der Waals surface area contributed by atoms with Gasteiger partial charge in [0.1, 0.15) is 30.5 Å². The van der Waals surface area contributed by atoms with Crippen LogP contribution in [0.3, 0.4) is 0 Å². The van der Waals surface area contributed by atoms with Gasteiger partial charge >= 0.3 is 0 Å². The molecular weight excluding hydrogens is 454 g/mol. The number of nitriles is 1. The first-order valence-electron chi connectivity index (χ1n) is 9.89. The number of nitrogens with zero attached hydrogens (tertiary/aromatic N) is 2. The number of hydrogen-bond acceptors (Lipinski definition) is 8. The minimum Gasteiger partial charge on any atom is -0.493 e. The first kappa shape index (κ1) is 23.7. The van der Waals surface area contributed by atoms with E-state index < -0.39 is 16.5 Å². The van der Waals surface area contributed by atoms with Gasteiger partial charge in [0.05, 0.1) is 29.7 Å². The van der Waals surface area contributed by atoms with Crippen molar-refractivity contribution in [1.29, 1.82) is 5.26 Å². The van der Waals surface area contributed by atoms with Gasteiger partial charge in [-0.25, -0.2) is 0 Å². The number of nitro groups is 1. The lowest BCUT2D eigenvalue weighted by atomic mass is 10.1. The molecule has 1 N–H and O–H groups in total. The lowest BCUT2D eigenvalue weighted by Gasteiger charge is -2.19. The third-order valence-corrected chi connectivity index (χ3v) is 4.76. The standard InChI is InChI=1S/C22H20ClN3O7/c1-3-4-33-21-15(23)8-13(9-20(21)30-2)7-14(12-24)22(27)25-16-10-18-19(32-6-5-31-18)11-17(16)26(28)29/h7-11H,3-6H2,1-2H3,(H,25,27)/b14-7+. The highest BCUT2D eigenvalue weighted by atomic mass is 35.5. The van der Waals surface area contributed by atoms with Gasteiger partial charge in [0.2, 0.25) is 0 Å². The summed E-state index contributed by atoms with van der Waals surface area (Å²) in [7, 11) is 1.44. The summed E-state index contributed by atoms with van der Waals surface area (Å²) in [6.07, 6.45) is 2.06. The third-order valence-electron chi connectivity index (χ3n) is 4.48. The molecule has 1 aliphatic heterocycles. The van der Waals surface area contributed by atoms with Gasteiger partial charge in [0, 0.05) is 6.07 Å². The van der Waals surface area contributed by atoms with Gasteiger partial charge in [-0.3, -0.25) is 14.9 Å². The molecule has 0 bridgehead atoms. The van der Waals surface area contributed by atoms with Crippen LogP contribution in [0.5, 0.6) is 23.0 Å². The number of methoxy groups -OCH3 is 1. The van der Waals surface area contributed by atoms with E-state index in [4.69, 9.17) is 30.5 Å². The number of fused-ring (bicyclic) bond motifs is 1. The van der Waals surface area contributed by atoms with Crippen LogP contribution in [0.1, 0.15) is 18.9 Å². The van der Waals surface area contributed by atoms with E-state index in [2.05, 4.69) is 5.32 Å². The number of nitrogens with one attached hydrogen (secondary N) is 1. The van der Waals surface area contributed by atoms with Gasteiger partial charge in [-0.1, -0.05) is 18.5 Å². The van der Waals surface area contributed by atoms with Gasteiger partial charge in [-0.2, -0.15) is 5.26 Å². The molecule has 0 saturated carbocycles. The number of hydrogen-bond donors (Lipinski definition) is 1. The van der Waals surface area contributed by atoms with Crippen LogP contribution in [0.15, 0.2) is 29.8 Å². The first-order valence-corrected chi connectivity index (χ1v) is 10.3. The molecule has 2 aromatic rings. The van der Waals surface area contributed by atoms with Crippen molar-refractivity contribution >= 4 is 35.0 Å². The third kappa shape index (κ3) is 5.45. The van der Waals surface area contributed by atoms with Crippen molar-refractivity contribution < 1.29 is 28.7 Å². The molecule has 0 atom stereocenters. The van der Waals surface area contributed by atoms with E-state index in [0.29, 0.717) is 23.7 Å². The molecule has 0 unspecified atom stereocenters. The van der Waals surface area contributed by atoms with Gasteiger partial charge in [-0.05, 0) is 30.2 Å². The van der Waals surface area contributed by atoms with E-state index in [-0.39, 0.29) is 41.0 Å². The monoisotopic (exact) mass is 473 g/mol. The van der Waals surface area contributed by atoms with E-state index >= 15 is 0 Å². The van der Waals surface area contributed by atoms with E-state index in [9.17, 15) is 20.2 Å². The number of amides is 1. The van der Waals surface area contributed by atoms with Crippen molar-refractivity contribution in [2.45, 2.75) is 13.3 Å². The number of anilines is 1. The minimum absolute atomic E-state index is 0.130. The SMILES string of the molecule is CCCOc1c(Cl)cc(/C=C(\C#N)C(=O)Nc2cc3c(cc2[N+](=O)[O-])OCCO3)cc1OC. The second-order valence-corrected chi connectivity index (χ2v) is 7.18. The van der Waals surface area contributed by atoms with Gasteiger partial charge in [0.25, 0.3) is 11.6 Å². The normalized spacial score (nSPS) is 12.5. The molecule has 10 nitrogen and oxygen atoms in total. The fourth-order valence-corrected chi connectivity index (χ4v) is 3.28. The Bertz CT molecular complexity index is 1160. The number of ether oxygens (including phenoxy) is 4. The molecule has 0 radical (unpaired) electrons. The predicted molar refractivity (Wildman–Crippen MR) is 120 cm³/mol. The van der Waals surface area contributed by atoms with Crippen LogP contribution in [-0.2, 0) is 4.79 Å². The number of nitro benzene ring substituents is 1. The molecule has 0 aromatic heterocycles. The Morgan fingerprint density at radius 2 is 2.00 bits per heavy atom. The lowest BCUT2D eigenvalue weighted by Crippen LogP contribution is -2.18. The Morgan fingerprint density at radius 1 is 1.30 bits per heavy atom. The largest absolute Gasteiger partial charge is 0.493 e. The second kappa shape index (κ2) is 10.6. The van der Waals surface area contributed by atoms with Crippen LogP contribution >= 0.6 is 11.6 Å². The van der Waals surface area contributed by atoms with Crippen LogP contribution in [0.25, 0.3) is 6.08 Å². The molecule has 11 heteroatoms. The molecule has 0 spiro atoms. The number of benzene rings is 2. The van der Waals surface area contributed by atoms with E-state index in [1.54, 1.807) is 12.1 Å². The number of rotatable bonds is 8.